The number of unbranched alkanes of at least 4 members (excludes halogenated alkanes) is 1. The van der Waals surface area contributed by atoms with E-state index in [1.165, 1.54) is 24.3 Å². The van der Waals surface area contributed by atoms with Gasteiger partial charge in [-0.3, -0.25) is 0 Å². The van der Waals surface area contributed by atoms with E-state index in [1.807, 2.05) is 6.92 Å². The second-order valence-corrected chi connectivity index (χ2v) is 6.05. The number of allylic oxidation sites excluding steroid dienone is 1. The van der Waals surface area contributed by atoms with Crippen LogP contribution in [0.5, 0.6) is 0 Å². The fourth-order valence-electron chi connectivity index (χ4n) is 3.12. The maximum absolute atomic E-state index is 14.4. The third-order valence-electron chi connectivity index (χ3n) is 4.34. The molecule has 2 aromatic carbocycles. The second-order valence-electron chi connectivity index (χ2n) is 6.05. The summed E-state index contributed by atoms with van der Waals surface area (Å²) in [5, 5.41) is 0. The minimum atomic E-state index is -0.507. The Labute approximate surface area is 134 Å². The maximum atomic E-state index is 14.4. The fourth-order valence-corrected chi connectivity index (χ4v) is 3.12. The van der Waals surface area contributed by atoms with Crippen LogP contribution in [0.15, 0.2) is 30.3 Å². The Morgan fingerprint density at radius 2 is 1.70 bits per heavy atom. The molecule has 1 aliphatic rings. The lowest BCUT2D eigenvalue weighted by molar-refractivity contribution is 0.570. The van der Waals surface area contributed by atoms with Gasteiger partial charge in [0.1, 0.15) is 17.5 Å². The molecule has 0 aromatic heterocycles. The minimum absolute atomic E-state index is 0.0558. The van der Waals surface area contributed by atoms with E-state index < -0.39 is 11.6 Å². The van der Waals surface area contributed by atoms with Crippen LogP contribution in [0.1, 0.15) is 48.4 Å². The Hall–Kier alpha value is -2.03. The second kappa shape index (κ2) is 6.61. The molecule has 0 heterocycles. The number of hydrogen-bond acceptors (Lipinski definition) is 0. The third kappa shape index (κ3) is 3.34. The number of aryl methyl sites for hydroxylation is 2. The van der Waals surface area contributed by atoms with Gasteiger partial charge in [0.25, 0.3) is 0 Å². The van der Waals surface area contributed by atoms with Crippen molar-refractivity contribution in [1.82, 2.24) is 0 Å². The average molecular weight is 316 g/mol. The van der Waals surface area contributed by atoms with Crippen LogP contribution in [-0.2, 0) is 12.8 Å². The first-order valence-corrected chi connectivity index (χ1v) is 8.05. The molecule has 0 radical (unpaired) electrons. The van der Waals surface area contributed by atoms with Gasteiger partial charge in [-0.25, -0.2) is 13.2 Å². The van der Waals surface area contributed by atoms with Crippen molar-refractivity contribution >= 4 is 11.6 Å². The van der Waals surface area contributed by atoms with Gasteiger partial charge in [0.15, 0.2) is 0 Å². The van der Waals surface area contributed by atoms with Gasteiger partial charge >= 0.3 is 0 Å². The first-order valence-electron chi connectivity index (χ1n) is 8.05. The van der Waals surface area contributed by atoms with Crippen molar-refractivity contribution in [2.75, 3.05) is 0 Å². The number of fused-ring (bicyclic) bond motifs is 1. The molecule has 3 heteroatoms. The molecule has 23 heavy (non-hydrogen) atoms. The fraction of sp³-hybridized carbons (Fsp3) is 0.300. The summed E-state index contributed by atoms with van der Waals surface area (Å²) >= 11 is 0. The standard InChI is InChI=1S/C20H19F3/c1-2-3-4-13-9-18(22)20(19(23)10-13)16-6-5-15-12-17(21)8-7-14(15)11-16/h7-12H,2-6H2,1H3. The van der Waals surface area contributed by atoms with E-state index >= 15 is 0 Å². The topological polar surface area (TPSA) is 0 Å². The largest absolute Gasteiger partial charge is 0.207 e. The zero-order valence-electron chi connectivity index (χ0n) is 13.1. The Kier molecular flexibility index (Phi) is 4.56. The predicted octanol–water partition coefficient (Wildman–Crippen LogP) is 5.93. The molecule has 0 amide bonds. The maximum Gasteiger partial charge on any atom is 0.133 e. The summed E-state index contributed by atoms with van der Waals surface area (Å²) < 4.78 is 42.1. The van der Waals surface area contributed by atoms with Gasteiger partial charge < -0.3 is 0 Å². The van der Waals surface area contributed by atoms with Crippen LogP contribution in [0.25, 0.3) is 11.6 Å². The van der Waals surface area contributed by atoms with Crippen molar-refractivity contribution in [1.29, 1.82) is 0 Å². The first kappa shape index (κ1) is 15.9. The van der Waals surface area contributed by atoms with Crippen molar-refractivity contribution in [2.45, 2.75) is 39.0 Å². The highest BCUT2D eigenvalue weighted by Gasteiger charge is 2.19. The lowest BCUT2D eigenvalue weighted by atomic mass is 9.87. The van der Waals surface area contributed by atoms with Crippen molar-refractivity contribution in [3.63, 3.8) is 0 Å². The van der Waals surface area contributed by atoms with Crippen molar-refractivity contribution in [3.8, 4) is 0 Å². The summed E-state index contributed by atoms with van der Waals surface area (Å²) in [6, 6.07) is 7.40. The highest BCUT2D eigenvalue weighted by molar-refractivity contribution is 5.84. The van der Waals surface area contributed by atoms with Crippen LogP contribution in [0, 0.1) is 17.5 Å². The van der Waals surface area contributed by atoms with Gasteiger partial charge in [-0.2, -0.15) is 0 Å². The molecule has 120 valence electrons. The molecule has 0 N–H and O–H groups in total. The molecule has 0 atom stereocenters. The summed E-state index contributed by atoms with van der Waals surface area (Å²) in [6.07, 6.45) is 5.47. The first-order chi connectivity index (χ1) is 11.1. The highest BCUT2D eigenvalue weighted by atomic mass is 19.1. The zero-order chi connectivity index (χ0) is 16.4. The number of benzene rings is 2. The van der Waals surface area contributed by atoms with Crippen LogP contribution in [0.4, 0.5) is 13.2 Å². The van der Waals surface area contributed by atoms with Crippen LogP contribution >= 0.6 is 0 Å². The summed E-state index contributed by atoms with van der Waals surface area (Å²) in [4.78, 5) is 0. The highest BCUT2D eigenvalue weighted by Crippen LogP contribution is 2.34. The molecule has 0 saturated carbocycles. The Bertz CT molecular complexity index is 736. The van der Waals surface area contributed by atoms with Crippen molar-refractivity contribution in [3.05, 3.63) is 70.0 Å². The van der Waals surface area contributed by atoms with Crippen LogP contribution in [0.2, 0.25) is 0 Å². The minimum Gasteiger partial charge on any atom is -0.207 e. The average Bonchev–Trinajstić information content (AvgIpc) is 2.52. The zero-order valence-corrected chi connectivity index (χ0v) is 13.1. The van der Waals surface area contributed by atoms with E-state index in [-0.39, 0.29) is 11.4 Å². The monoisotopic (exact) mass is 316 g/mol. The molecule has 0 bridgehead atoms. The van der Waals surface area contributed by atoms with E-state index in [1.54, 1.807) is 12.1 Å². The van der Waals surface area contributed by atoms with Gasteiger partial charge in [0, 0.05) is 5.56 Å². The molecule has 0 aliphatic heterocycles. The molecule has 0 nitrogen and oxygen atoms in total. The Balaban J connectivity index is 1.97. The lowest BCUT2D eigenvalue weighted by Gasteiger charge is -2.18. The molecule has 0 spiro atoms. The van der Waals surface area contributed by atoms with Crippen molar-refractivity contribution < 1.29 is 13.2 Å². The quantitative estimate of drug-likeness (QED) is 0.655. The van der Waals surface area contributed by atoms with E-state index in [0.717, 1.165) is 24.0 Å². The molecular weight excluding hydrogens is 297 g/mol. The summed E-state index contributed by atoms with van der Waals surface area (Å²) in [5.74, 6) is -1.29. The summed E-state index contributed by atoms with van der Waals surface area (Å²) in [6.45, 7) is 2.05. The van der Waals surface area contributed by atoms with Gasteiger partial charge in [0.05, 0.1) is 0 Å². The van der Waals surface area contributed by atoms with E-state index in [2.05, 4.69) is 0 Å². The van der Waals surface area contributed by atoms with E-state index in [4.69, 9.17) is 0 Å². The Morgan fingerprint density at radius 3 is 2.39 bits per heavy atom. The molecule has 1 aliphatic carbocycles. The normalized spacial score (nSPS) is 13.7. The Morgan fingerprint density at radius 1 is 0.957 bits per heavy atom. The van der Waals surface area contributed by atoms with Gasteiger partial charge in [-0.05, 0) is 72.2 Å². The smallest absolute Gasteiger partial charge is 0.133 e. The molecule has 0 unspecified atom stereocenters. The van der Waals surface area contributed by atoms with Gasteiger partial charge in [-0.15, -0.1) is 0 Å². The van der Waals surface area contributed by atoms with Crippen LogP contribution < -0.4 is 0 Å². The van der Waals surface area contributed by atoms with E-state index in [0.29, 0.717) is 30.4 Å². The van der Waals surface area contributed by atoms with Crippen LogP contribution in [-0.4, -0.2) is 0 Å². The lowest BCUT2D eigenvalue weighted by Crippen LogP contribution is -2.04. The van der Waals surface area contributed by atoms with Gasteiger partial charge in [0.2, 0.25) is 0 Å². The SMILES string of the molecule is CCCCc1cc(F)c(C2=Cc3ccc(F)cc3CC2)c(F)c1. The third-order valence-corrected chi connectivity index (χ3v) is 4.34. The summed E-state index contributed by atoms with van der Waals surface area (Å²) in [5.41, 5.74) is 3.11. The number of rotatable bonds is 4. The number of hydrogen-bond donors (Lipinski definition) is 0. The molecule has 3 rings (SSSR count). The molecule has 2 aromatic rings. The predicted molar refractivity (Wildman–Crippen MR) is 87.6 cm³/mol. The molecule has 0 saturated heterocycles. The molecular formula is C20H19F3. The van der Waals surface area contributed by atoms with Gasteiger partial charge in [-0.1, -0.05) is 25.5 Å². The summed E-state index contributed by atoms with van der Waals surface area (Å²) in [7, 11) is 0. The van der Waals surface area contributed by atoms with E-state index in [9.17, 15) is 13.2 Å². The molecule has 0 fully saturated rings. The van der Waals surface area contributed by atoms with Crippen molar-refractivity contribution in [2.24, 2.45) is 0 Å². The van der Waals surface area contributed by atoms with Crippen LogP contribution in [0.3, 0.4) is 0 Å². The number of halogens is 3.